The summed E-state index contributed by atoms with van der Waals surface area (Å²) in [6.07, 6.45) is 16.8. The first kappa shape index (κ1) is 18.9. The van der Waals surface area contributed by atoms with Crippen LogP contribution in [0.1, 0.15) is 84.0 Å². The molecule has 0 aromatic rings. The topological polar surface area (TPSA) is 20.2 Å². The molecule has 0 radical (unpaired) electrons. The molecule has 0 aromatic carbocycles. The summed E-state index contributed by atoms with van der Waals surface area (Å²) in [6, 6.07) is 0. The van der Waals surface area contributed by atoms with E-state index in [2.05, 4.69) is 21.0 Å². The Labute approximate surface area is 121 Å². The minimum absolute atomic E-state index is 0.262. The lowest BCUT2D eigenvalue weighted by Crippen LogP contribution is -2.41. The van der Waals surface area contributed by atoms with Crippen LogP contribution in [0.25, 0.3) is 0 Å². The van der Waals surface area contributed by atoms with Crippen molar-refractivity contribution < 1.29 is 9.59 Å². The van der Waals surface area contributed by atoms with Gasteiger partial charge in [0.2, 0.25) is 0 Å². The number of quaternary nitrogens is 1. The number of hydrogen-bond donors (Lipinski definition) is 1. The fraction of sp³-hybridized carbons (Fsp3) is 1.00. The largest absolute Gasteiger partial charge is 0.347 e. The van der Waals surface area contributed by atoms with Gasteiger partial charge in [-0.15, -0.1) is 0 Å². The lowest BCUT2D eigenvalue weighted by molar-refractivity contribution is -0.909. The average molecular weight is 272 g/mol. The minimum Gasteiger partial charge on any atom is -0.347 e. The fourth-order valence-corrected chi connectivity index (χ4v) is 2.45. The molecule has 2 nitrogen and oxygen atoms in total. The minimum atomic E-state index is 0.262. The molecule has 19 heavy (non-hydrogen) atoms. The van der Waals surface area contributed by atoms with Crippen molar-refractivity contribution in [1.82, 2.24) is 0 Å². The van der Waals surface area contributed by atoms with E-state index in [9.17, 15) is 0 Å². The summed E-state index contributed by atoms with van der Waals surface area (Å²) in [6.45, 7) is 3.65. The van der Waals surface area contributed by atoms with E-state index in [4.69, 9.17) is 5.11 Å². The lowest BCUT2D eigenvalue weighted by atomic mass is 10.1. The third-order valence-electron chi connectivity index (χ3n) is 4.00. The van der Waals surface area contributed by atoms with Gasteiger partial charge in [-0.1, -0.05) is 71.1 Å². The number of unbranched alkanes of at least 4 members (excludes halogenated alkanes) is 11. The van der Waals surface area contributed by atoms with Crippen LogP contribution in [0.5, 0.6) is 0 Å². The highest BCUT2D eigenvalue weighted by molar-refractivity contribution is 4.48. The van der Waals surface area contributed by atoms with Crippen molar-refractivity contribution in [1.29, 1.82) is 0 Å². The molecule has 0 spiro atoms. The number of nitrogens with zero attached hydrogens (tertiary/aromatic N) is 1. The smallest absolute Gasteiger partial charge is 0.179 e. The summed E-state index contributed by atoms with van der Waals surface area (Å²) in [4.78, 5) is 0. The van der Waals surface area contributed by atoms with Crippen LogP contribution in [0.2, 0.25) is 0 Å². The van der Waals surface area contributed by atoms with E-state index in [1.54, 1.807) is 0 Å². The van der Waals surface area contributed by atoms with Gasteiger partial charge < -0.3 is 9.59 Å². The van der Waals surface area contributed by atoms with Crippen molar-refractivity contribution >= 4 is 0 Å². The van der Waals surface area contributed by atoms with E-state index in [0.29, 0.717) is 0 Å². The zero-order chi connectivity index (χ0) is 14.4. The molecular weight excluding hydrogens is 234 g/mol. The quantitative estimate of drug-likeness (QED) is 0.276. The highest BCUT2D eigenvalue weighted by Gasteiger charge is 2.11. The van der Waals surface area contributed by atoms with E-state index in [0.717, 1.165) is 11.0 Å². The molecule has 0 saturated carbocycles. The fourth-order valence-electron chi connectivity index (χ4n) is 2.45. The summed E-state index contributed by atoms with van der Waals surface area (Å²) in [5, 5.41) is 9.14. The molecule has 0 fully saturated rings. The first-order valence-corrected chi connectivity index (χ1v) is 8.55. The van der Waals surface area contributed by atoms with Gasteiger partial charge in [0.15, 0.2) is 6.73 Å². The maximum atomic E-state index is 9.14. The Balaban J connectivity index is 3.07. The van der Waals surface area contributed by atoms with E-state index in [1.807, 2.05) is 0 Å². The van der Waals surface area contributed by atoms with Gasteiger partial charge in [0.1, 0.15) is 0 Å². The number of aliphatic hydroxyl groups excluding tert-OH is 1. The molecule has 0 heterocycles. The molecule has 0 saturated heterocycles. The first-order valence-electron chi connectivity index (χ1n) is 8.55. The Morgan fingerprint density at radius 2 is 1.00 bits per heavy atom. The van der Waals surface area contributed by atoms with Crippen molar-refractivity contribution in [2.24, 2.45) is 0 Å². The molecule has 0 aliphatic carbocycles. The van der Waals surface area contributed by atoms with Crippen LogP contribution in [0.15, 0.2) is 0 Å². The second-order valence-electron chi connectivity index (χ2n) is 6.69. The van der Waals surface area contributed by atoms with Crippen molar-refractivity contribution in [3.05, 3.63) is 0 Å². The average Bonchev–Trinajstić information content (AvgIpc) is 2.40. The molecule has 116 valence electrons. The molecule has 0 aliphatic rings. The number of hydrogen-bond acceptors (Lipinski definition) is 1. The second kappa shape index (κ2) is 12.9. The maximum Gasteiger partial charge on any atom is 0.179 e. The van der Waals surface area contributed by atoms with Gasteiger partial charge in [-0.3, -0.25) is 0 Å². The van der Waals surface area contributed by atoms with Crippen LogP contribution in [0.3, 0.4) is 0 Å². The van der Waals surface area contributed by atoms with Crippen LogP contribution in [0, 0.1) is 0 Å². The summed E-state index contributed by atoms with van der Waals surface area (Å²) in [5.74, 6) is 0. The van der Waals surface area contributed by atoms with Crippen LogP contribution < -0.4 is 0 Å². The molecule has 1 N–H and O–H groups in total. The molecule has 0 unspecified atom stereocenters. The molecule has 0 aromatic heterocycles. The first-order chi connectivity index (χ1) is 9.12. The van der Waals surface area contributed by atoms with Crippen LogP contribution >= 0.6 is 0 Å². The van der Waals surface area contributed by atoms with Gasteiger partial charge >= 0.3 is 0 Å². The molecule has 0 rings (SSSR count). The second-order valence-corrected chi connectivity index (χ2v) is 6.69. The normalized spacial score (nSPS) is 12.0. The molecule has 0 atom stereocenters. The van der Waals surface area contributed by atoms with E-state index >= 15 is 0 Å². The van der Waals surface area contributed by atoms with Crippen LogP contribution in [-0.2, 0) is 0 Å². The van der Waals surface area contributed by atoms with E-state index in [-0.39, 0.29) is 6.73 Å². The predicted octanol–water partition coefficient (Wildman–Crippen LogP) is 4.71. The molecule has 0 amide bonds. The standard InChI is InChI=1S/C17H38NO/c1-4-5-6-7-8-9-10-11-12-13-14-15-16-18(2,3)17-19/h19H,4-17H2,1-3H3/q+1. The van der Waals surface area contributed by atoms with Crippen molar-refractivity contribution in [3.63, 3.8) is 0 Å². The zero-order valence-electron chi connectivity index (χ0n) is 13.8. The summed E-state index contributed by atoms with van der Waals surface area (Å²) in [5.41, 5.74) is 0. The van der Waals surface area contributed by atoms with Gasteiger partial charge in [-0.05, 0) is 12.8 Å². The summed E-state index contributed by atoms with van der Waals surface area (Å²) in [7, 11) is 4.19. The van der Waals surface area contributed by atoms with Crippen molar-refractivity contribution in [2.45, 2.75) is 84.0 Å². The van der Waals surface area contributed by atoms with Gasteiger partial charge in [-0.25, -0.2) is 0 Å². The van der Waals surface area contributed by atoms with Crippen LogP contribution in [0.4, 0.5) is 0 Å². The third kappa shape index (κ3) is 14.1. The van der Waals surface area contributed by atoms with Crippen molar-refractivity contribution in [3.8, 4) is 0 Å². The van der Waals surface area contributed by atoms with Crippen molar-refractivity contribution in [2.75, 3.05) is 27.4 Å². The maximum absolute atomic E-state index is 9.14. The molecule has 0 bridgehead atoms. The number of rotatable bonds is 14. The van der Waals surface area contributed by atoms with Gasteiger partial charge in [0.25, 0.3) is 0 Å². The highest BCUT2D eigenvalue weighted by atomic mass is 16.3. The van der Waals surface area contributed by atoms with E-state index in [1.165, 1.54) is 77.0 Å². The monoisotopic (exact) mass is 272 g/mol. The Kier molecular flexibility index (Phi) is 12.9. The Morgan fingerprint density at radius 1 is 0.632 bits per heavy atom. The summed E-state index contributed by atoms with van der Waals surface area (Å²) < 4.78 is 0.748. The van der Waals surface area contributed by atoms with E-state index < -0.39 is 0 Å². The Hall–Kier alpha value is -0.0800. The zero-order valence-corrected chi connectivity index (χ0v) is 13.8. The SMILES string of the molecule is CCCCCCCCCCCCCC[N+](C)(C)CO. The lowest BCUT2D eigenvalue weighted by Gasteiger charge is -2.26. The van der Waals surface area contributed by atoms with Gasteiger partial charge in [0.05, 0.1) is 20.6 Å². The Bertz CT molecular complexity index is 180. The molecular formula is C17H38NO+. The number of aliphatic hydroxyl groups is 1. The van der Waals surface area contributed by atoms with Crippen LogP contribution in [-0.4, -0.2) is 37.0 Å². The molecule has 2 heteroatoms. The summed E-state index contributed by atoms with van der Waals surface area (Å²) >= 11 is 0. The molecule has 0 aliphatic heterocycles. The highest BCUT2D eigenvalue weighted by Crippen LogP contribution is 2.12. The predicted molar refractivity (Wildman–Crippen MR) is 85.1 cm³/mol. The Morgan fingerprint density at radius 3 is 1.37 bits per heavy atom. The van der Waals surface area contributed by atoms with Gasteiger partial charge in [0, 0.05) is 0 Å². The van der Waals surface area contributed by atoms with Gasteiger partial charge in [-0.2, -0.15) is 0 Å². The third-order valence-corrected chi connectivity index (χ3v) is 4.00.